The van der Waals surface area contributed by atoms with Crippen molar-refractivity contribution >= 4 is 44.0 Å². The van der Waals surface area contributed by atoms with Crippen molar-refractivity contribution in [1.29, 1.82) is 0 Å². The molecule has 0 saturated carbocycles. The average molecular weight is 424 g/mol. The van der Waals surface area contributed by atoms with Crippen LogP contribution < -0.4 is 0 Å². The van der Waals surface area contributed by atoms with Crippen LogP contribution in [-0.2, 0) is 0 Å². The predicted molar refractivity (Wildman–Crippen MR) is 131 cm³/mol. The molecule has 0 bridgehead atoms. The number of aromatic nitrogens is 4. The zero-order chi connectivity index (χ0) is 21.8. The van der Waals surface area contributed by atoms with Crippen LogP contribution in [-0.4, -0.2) is 19.9 Å². The maximum atomic E-state index is 6.23. The highest BCUT2D eigenvalue weighted by Gasteiger charge is 2.14. The van der Waals surface area contributed by atoms with Crippen LogP contribution >= 0.6 is 0 Å². The summed E-state index contributed by atoms with van der Waals surface area (Å²) in [4.78, 5) is 18.1. The van der Waals surface area contributed by atoms with Gasteiger partial charge in [0.15, 0.2) is 0 Å². The van der Waals surface area contributed by atoms with E-state index in [1.807, 2.05) is 24.3 Å². The van der Waals surface area contributed by atoms with E-state index in [9.17, 15) is 0 Å². The third-order valence-corrected chi connectivity index (χ3v) is 6.10. The van der Waals surface area contributed by atoms with Crippen molar-refractivity contribution in [1.82, 2.24) is 19.9 Å². The van der Waals surface area contributed by atoms with Crippen molar-refractivity contribution in [2.24, 2.45) is 0 Å². The molecule has 0 aliphatic carbocycles. The Bertz CT molecular complexity index is 1820. The lowest BCUT2D eigenvalue weighted by molar-refractivity contribution is 0.670. The molecule has 0 amide bonds. The molecule has 0 atom stereocenters. The molecule has 0 saturated heterocycles. The van der Waals surface area contributed by atoms with Crippen LogP contribution in [0.2, 0.25) is 0 Å². The van der Waals surface area contributed by atoms with E-state index < -0.39 is 0 Å². The Balaban J connectivity index is 1.40. The van der Waals surface area contributed by atoms with E-state index in [-0.39, 0.29) is 0 Å². The summed E-state index contributed by atoms with van der Waals surface area (Å²) in [6.45, 7) is 0. The average Bonchev–Trinajstić information content (AvgIpc) is 3.27. The Morgan fingerprint density at radius 3 is 2.03 bits per heavy atom. The highest BCUT2D eigenvalue weighted by molar-refractivity contribution is 6.10. The number of benzene rings is 4. The van der Waals surface area contributed by atoms with Gasteiger partial charge >= 0.3 is 0 Å². The van der Waals surface area contributed by atoms with Gasteiger partial charge in [-0.15, -0.1) is 0 Å². The molecule has 0 unspecified atom stereocenters. The molecule has 0 aliphatic rings. The predicted octanol–water partition coefficient (Wildman–Crippen LogP) is 6.81. The maximum Gasteiger partial charge on any atom is 0.143 e. The monoisotopic (exact) mass is 424 g/mol. The molecule has 0 fully saturated rings. The molecule has 0 N–H and O–H groups in total. The van der Waals surface area contributed by atoms with Crippen LogP contribution in [0.15, 0.2) is 102 Å². The van der Waals surface area contributed by atoms with Crippen LogP contribution in [0.3, 0.4) is 0 Å². The molecular weight excluding hydrogens is 408 g/mol. The van der Waals surface area contributed by atoms with E-state index >= 15 is 0 Å². The largest absolute Gasteiger partial charge is 0.455 e. The van der Waals surface area contributed by atoms with Gasteiger partial charge in [-0.3, -0.25) is 19.9 Å². The zero-order valence-electron chi connectivity index (χ0n) is 17.4. The van der Waals surface area contributed by atoms with E-state index in [1.54, 1.807) is 24.8 Å². The third-order valence-electron chi connectivity index (χ3n) is 6.10. The van der Waals surface area contributed by atoms with Gasteiger partial charge in [-0.05, 0) is 23.3 Å². The normalized spacial score (nSPS) is 11.6. The van der Waals surface area contributed by atoms with Crippen molar-refractivity contribution in [3.05, 3.63) is 97.6 Å². The fourth-order valence-corrected chi connectivity index (χ4v) is 4.57. The Morgan fingerprint density at radius 1 is 0.515 bits per heavy atom. The number of para-hydroxylation sites is 2. The second kappa shape index (κ2) is 6.93. The Labute approximate surface area is 188 Å². The fraction of sp³-hybridized carbons (Fsp3) is 0. The quantitative estimate of drug-likeness (QED) is 0.285. The highest BCUT2D eigenvalue weighted by Crippen LogP contribution is 2.37. The minimum atomic E-state index is 0.759. The summed E-state index contributed by atoms with van der Waals surface area (Å²) in [7, 11) is 0. The number of furan rings is 1. The maximum absolute atomic E-state index is 6.23. The van der Waals surface area contributed by atoms with Crippen LogP contribution in [0.1, 0.15) is 0 Å². The molecule has 3 heterocycles. The SMILES string of the molecule is c1ccc2c(c1)oc1c(-c3ccc(-c4cc5nccnc5c5nccnc45)cc3)cccc12. The van der Waals surface area contributed by atoms with Gasteiger partial charge in [-0.2, -0.15) is 0 Å². The van der Waals surface area contributed by atoms with Crippen LogP contribution in [0, 0.1) is 0 Å². The third kappa shape index (κ3) is 2.72. The fourth-order valence-electron chi connectivity index (χ4n) is 4.57. The molecule has 4 aromatic carbocycles. The second-order valence-corrected chi connectivity index (χ2v) is 7.96. The summed E-state index contributed by atoms with van der Waals surface area (Å²) in [6, 6.07) is 25.0. The number of nitrogens with zero attached hydrogens (tertiary/aromatic N) is 4. The topological polar surface area (TPSA) is 64.7 Å². The van der Waals surface area contributed by atoms with Crippen molar-refractivity contribution in [2.45, 2.75) is 0 Å². The van der Waals surface area contributed by atoms with Crippen molar-refractivity contribution < 1.29 is 4.42 Å². The summed E-state index contributed by atoms with van der Waals surface area (Å²) in [5, 5.41) is 2.26. The summed E-state index contributed by atoms with van der Waals surface area (Å²) < 4.78 is 6.23. The smallest absolute Gasteiger partial charge is 0.143 e. The van der Waals surface area contributed by atoms with Gasteiger partial charge in [0.1, 0.15) is 22.2 Å². The van der Waals surface area contributed by atoms with Crippen molar-refractivity contribution in [2.75, 3.05) is 0 Å². The first-order valence-corrected chi connectivity index (χ1v) is 10.7. The molecule has 0 radical (unpaired) electrons. The van der Waals surface area contributed by atoms with Crippen molar-refractivity contribution in [3.63, 3.8) is 0 Å². The van der Waals surface area contributed by atoms with Gasteiger partial charge in [-0.25, -0.2) is 0 Å². The lowest BCUT2D eigenvalue weighted by atomic mass is 9.97. The molecule has 7 rings (SSSR count). The Morgan fingerprint density at radius 2 is 1.18 bits per heavy atom. The van der Waals surface area contributed by atoms with E-state index in [1.165, 1.54) is 0 Å². The van der Waals surface area contributed by atoms with Gasteiger partial charge in [0.05, 0.1) is 11.0 Å². The molecule has 154 valence electrons. The van der Waals surface area contributed by atoms with Crippen LogP contribution in [0.25, 0.3) is 66.3 Å². The second-order valence-electron chi connectivity index (χ2n) is 7.96. The van der Waals surface area contributed by atoms with Gasteiger partial charge < -0.3 is 4.42 Å². The molecule has 0 aliphatic heterocycles. The molecule has 0 spiro atoms. The van der Waals surface area contributed by atoms with Gasteiger partial charge in [0.2, 0.25) is 0 Å². The first-order valence-electron chi connectivity index (χ1n) is 10.7. The number of hydrogen-bond acceptors (Lipinski definition) is 5. The highest BCUT2D eigenvalue weighted by atomic mass is 16.3. The lowest BCUT2D eigenvalue weighted by Gasteiger charge is -2.09. The molecular formula is C28H16N4O. The van der Waals surface area contributed by atoms with Crippen LogP contribution in [0.4, 0.5) is 0 Å². The van der Waals surface area contributed by atoms with E-state index in [4.69, 9.17) is 4.42 Å². The number of rotatable bonds is 2. The van der Waals surface area contributed by atoms with Gasteiger partial charge in [-0.1, -0.05) is 60.7 Å². The number of hydrogen-bond donors (Lipinski definition) is 0. The minimum absolute atomic E-state index is 0.759. The first-order chi connectivity index (χ1) is 16.4. The summed E-state index contributed by atoms with van der Waals surface area (Å²) in [6.07, 6.45) is 6.79. The standard InChI is InChI=1S/C28H16N4O/c1-2-7-24-20(4-1)21-6-3-5-19(28(21)33-24)17-8-10-18(11-9-17)22-16-23-26(31-13-12-29-23)27-25(22)30-14-15-32-27/h1-16H. The molecule has 33 heavy (non-hydrogen) atoms. The molecule has 5 nitrogen and oxygen atoms in total. The minimum Gasteiger partial charge on any atom is -0.455 e. The van der Waals surface area contributed by atoms with E-state index in [2.05, 4.69) is 68.5 Å². The first kappa shape index (κ1) is 18.0. The van der Waals surface area contributed by atoms with E-state index in [0.29, 0.717) is 0 Å². The van der Waals surface area contributed by atoms with Gasteiger partial charge in [0, 0.05) is 46.7 Å². The van der Waals surface area contributed by atoms with Crippen LogP contribution in [0.5, 0.6) is 0 Å². The summed E-state index contributed by atoms with van der Waals surface area (Å²) in [5.74, 6) is 0. The lowest BCUT2D eigenvalue weighted by Crippen LogP contribution is -1.92. The molecule has 3 aromatic heterocycles. The van der Waals surface area contributed by atoms with Gasteiger partial charge in [0.25, 0.3) is 0 Å². The van der Waals surface area contributed by atoms with Crippen molar-refractivity contribution in [3.8, 4) is 22.3 Å². The zero-order valence-corrected chi connectivity index (χ0v) is 17.4. The Kier molecular flexibility index (Phi) is 3.78. The Hall–Kier alpha value is -4.64. The van der Waals surface area contributed by atoms with E-state index in [0.717, 1.165) is 66.3 Å². The number of fused-ring (bicyclic) bond motifs is 6. The molecule has 7 aromatic rings. The summed E-state index contributed by atoms with van der Waals surface area (Å²) in [5.41, 5.74) is 9.15. The summed E-state index contributed by atoms with van der Waals surface area (Å²) >= 11 is 0. The molecule has 5 heteroatoms.